The molecule has 516 valence electrons. The lowest BCUT2D eigenvalue weighted by molar-refractivity contribution is -0.407. The third-order valence-electron chi connectivity index (χ3n) is 22.8. The van der Waals surface area contributed by atoms with Gasteiger partial charge in [0.15, 0.2) is 43.7 Å². The number of esters is 3. The Balaban J connectivity index is 1.07. The highest BCUT2D eigenvalue weighted by Crippen LogP contribution is 2.76. The van der Waals surface area contributed by atoms with Crippen LogP contribution in [-0.4, -0.2) is 258 Å². The maximum atomic E-state index is 14.3. The van der Waals surface area contributed by atoms with Gasteiger partial charge >= 0.3 is 23.9 Å². The van der Waals surface area contributed by atoms with Crippen LogP contribution < -0.4 is 0 Å². The number of carbonyl (C=O) groups excluding carboxylic acids is 4. The van der Waals surface area contributed by atoms with Gasteiger partial charge in [0, 0.05) is 31.3 Å². The first kappa shape index (κ1) is 71.5. The number of allylic oxidation sites excluding steroid dienone is 3. The predicted molar refractivity (Wildman–Crippen MR) is 304 cm³/mol. The van der Waals surface area contributed by atoms with E-state index in [0.29, 0.717) is 37.7 Å². The van der Waals surface area contributed by atoms with Gasteiger partial charge in [-0.2, -0.15) is 0 Å². The average Bonchev–Trinajstić information content (AvgIpc) is 0.668. The number of aldehydes is 1. The van der Waals surface area contributed by atoms with E-state index in [4.69, 9.17) is 52.1 Å². The van der Waals surface area contributed by atoms with Gasteiger partial charge in [-0.25, -0.2) is 9.59 Å². The molecule has 9 rings (SSSR count). The molecule has 29 nitrogen and oxygen atoms in total. The van der Waals surface area contributed by atoms with Gasteiger partial charge in [-0.15, -0.1) is 0 Å². The zero-order valence-corrected chi connectivity index (χ0v) is 52.9. The third-order valence-corrected chi connectivity index (χ3v) is 22.8. The Morgan fingerprint density at radius 2 is 1.22 bits per heavy atom. The van der Waals surface area contributed by atoms with Gasteiger partial charge in [-0.05, 0) is 92.8 Å². The molecule has 0 aromatic carbocycles. The monoisotopic (exact) mass is 1300 g/mol. The summed E-state index contributed by atoms with van der Waals surface area (Å²) in [4.78, 5) is 67.8. The molecule has 0 aromatic heterocycles. The first-order chi connectivity index (χ1) is 42.6. The summed E-state index contributed by atoms with van der Waals surface area (Å²) in [7, 11) is 0. The normalized spacial score (nSPS) is 49.7. The molecule has 8 fully saturated rings. The Morgan fingerprint density at radius 3 is 1.77 bits per heavy atom. The van der Waals surface area contributed by atoms with E-state index in [1.54, 1.807) is 26.8 Å². The van der Waals surface area contributed by atoms with E-state index in [9.17, 15) is 90.4 Å². The summed E-state index contributed by atoms with van der Waals surface area (Å²) in [5, 5.41) is 142. The highest BCUT2D eigenvalue weighted by atomic mass is 16.8. The summed E-state index contributed by atoms with van der Waals surface area (Å²) in [5.41, 5.74) is -4.75. The quantitative estimate of drug-likeness (QED) is 0.0192. The van der Waals surface area contributed by atoms with E-state index >= 15 is 0 Å². The molecule has 0 spiro atoms. The first-order valence-electron chi connectivity index (χ1n) is 31.4. The van der Waals surface area contributed by atoms with Crippen molar-refractivity contribution in [3.63, 3.8) is 0 Å². The second kappa shape index (κ2) is 26.7. The molecular weight excluding hydrogens is 1210 g/mol. The van der Waals surface area contributed by atoms with E-state index in [2.05, 4.69) is 26.8 Å². The van der Waals surface area contributed by atoms with Crippen LogP contribution in [0.5, 0.6) is 0 Å². The molecule has 4 aliphatic heterocycles. The number of rotatable bonds is 17. The average molecular weight is 1300 g/mol. The summed E-state index contributed by atoms with van der Waals surface area (Å²) >= 11 is 0. The number of hydrogen-bond acceptors (Lipinski definition) is 28. The molecule has 4 saturated carbocycles. The molecule has 91 heavy (non-hydrogen) atoms. The summed E-state index contributed by atoms with van der Waals surface area (Å²) in [5.74, 6) is -5.11. The van der Waals surface area contributed by atoms with Crippen LogP contribution in [0.3, 0.4) is 0 Å². The number of carboxylic acid groups (broad SMARTS) is 1. The molecule has 31 atom stereocenters. The Hall–Kier alpha value is -3.77. The van der Waals surface area contributed by atoms with Crippen molar-refractivity contribution in [2.75, 3.05) is 19.8 Å². The van der Waals surface area contributed by atoms with E-state index < -0.39 is 236 Å². The maximum absolute atomic E-state index is 14.3. The molecule has 29 heteroatoms. The summed E-state index contributed by atoms with van der Waals surface area (Å²) < 4.78 is 67.2. The number of aliphatic hydroxyl groups is 12. The molecule has 0 bridgehead atoms. The topological polar surface area (TPSA) is 450 Å². The van der Waals surface area contributed by atoms with Gasteiger partial charge < -0.3 is 123 Å². The zero-order chi connectivity index (χ0) is 67.2. The van der Waals surface area contributed by atoms with Crippen LogP contribution in [0.2, 0.25) is 0 Å². The Kier molecular flexibility index (Phi) is 21.0. The fourth-order valence-electron chi connectivity index (χ4n) is 17.6. The van der Waals surface area contributed by atoms with Crippen LogP contribution in [-0.2, 0) is 76.1 Å². The van der Waals surface area contributed by atoms with Gasteiger partial charge in [0.05, 0.1) is 36.8 Å². The Bertz CT molecular complexity index is 2720. The smallest absolute Gasteiger partial charge is 0.335 e. The summed E-state index contributed by atoms with van der Waals surface area (Å²) in [6.07, 6.45) is -35.8. The second-order valence-electron chi connectivity index (χ2n) is 28.3. The SMILES string of the molecule is CC=C(C)C(=O)OC1C(OC(C)=O)C2(CO)C(OC(C)=O)CC3(C)C(=CCC4C5(C)CCC(OC6OC(C(=O)O)C(O)C(OC7OC(O)C(O)CC7OC7OC(CO)C(O)C(O)C7O)C6OC6OC(CO)C(O)C(O)C6O)C(C)(C=O)C5CCC43C)C2CC1(C)C. The molecule has 13 N–H and O–H groups in total. The standard InChI is InChI=1S/C62H94O29/c1-11-25(2)51(79)90-48-49(82-27(4)68)62(24-66)29(19-57(48,5)6)28-12-13-35-58(7)16-15-36(59(8,23-65)34(58)14-17-60(35,9)61(28,10)20-37(62)81-26(3)67)86-56-47(89-55-43(75)41(73)39(71)33(22-64)85-55)45(44(76)46(88-56)50(77)78)87-53-31(18-30(69)52(80)91-53)83-54-42(74)40(72)38(70)32(21-63)84-54/h11-12,23,29-49,52-56,63-64,66,69-76,80H,13-22,24H2,1-10H3,(H,77,78). The number of aliphatic carboxylic acids is 1. The molecule has 5 aliphatic carbocycles. The third kappa shape index (κ3) is 12.2. The van der Waals surface area contributed by atoms with Crippen molar-refractivity contribution in [1.82, 2.24) is 0 Å². The molecule has 0 radical (unpaired) electrons. The lowest BCUT2D eigenvalue weighted by atomic mass is 9.33. The second-order valence-corrected chi connectivity index (χ2v) is 28.3. The van der Waals surface area contributed by atoms with Gasteiger partial charge in [-0.1, -0.05) is 59.3 Å². The maximum Gasteiger partial charge on any atom is 0.335 e. The minimum absolute atomic E-state index is 0.0722. The van der Waals surface area contributed by atoms with Crippen LogP contribution in [0.25, 0.3) is 0 Å². The van der Waals surface area contributed by atoms with E-state index in [0.717, 1.165) is 11.9 Å². The molecule has 4 saturated heterocycles. The van der Waals surface area contributed by atoms with Gasteiger partial charge in [0.25, 0.3) is 0 Å². The minimum atomic E-state index is -2.33. The lowest BCUT2D eigenvalue weighted by Gasteiger charge is -2.72. The Morgan fingerprint density at radius 1 is 0.626 bits per heavy atom. The molecule has 0 amide bonds. The van der Waals surface area contributed by atoms with Crippen LogP contribution in [0.4, 0.5) is 0 Å². The van der Waals surface area contributed by atoms with E-state index in [-0.39, 0.29) is 18.8 Å². The van der Waals surface area contributed by atoms with Gasteiger partial charge in [-0.3, -0.25) is 9.59 Å². The summed E-state index contributed by atoms with van der Waals surface area (Å²) in [6, 6.07) is 0. The number of hydrogen-bond donors (Lipinski definition) is 13. The van der Waals surface area contributed by atoms with Crippen LogP contribution in [0, 0.1) is 50.2 Å². The van der Waals surface area contributed by atoms with Gasteiger partial charge in [0.1, 0.15) is 97.8 Å². The van der Waals surface area contributed by atoms with Crippen molar-refractivity contribution >= 4 is 30.2 Å². The lowest BCUT2D eigenvalue weighted by Crippen LogP contribution is -2.73. The van der Waals surface area contributed by atoms with Crippen LogP contribution in [0.1, 0.15) is 121 Å². The van der Waals surface area contributed by atoms with E-state index in [1.165, 1.54) is 13.8 Å². The highest BCUT2D eigenvalue weighted by Gasteiger charge is 2.75. The molecule has 0 aromatic rings. The largest absolute Gasteiger partial charge is 0.479 e. The zero-order valence-electron chi connectivity index (χ0n) is 52.9. The minimum Gasteiger partial charge on any atom is -0.479 e. The number of fused-ring (bicyclic) bond motifs is 7. The molecule has 4 heterocycles. The number of ether oxygens (including phenoxy) is 11. The molecule has 31 unspecified atom stereocenters. The van der Waals surface area contributed by atoms with Crippen molar-refractivity contribution in [3.05, 3.63) is 23.3 Å². The summed E-state index contributed by atoms with van der Waals surface area (Å²) in [6.45, 7) is 15.3. The number of carboxylic acids is 1. The van der Waals surface area contributed by atoms with Crippen LogP contribution >= 0.6 is 0 Å². The van der Waals surface area contributed by atoms with Crippen molar-refractivity contribution < 1.29 is 142 Å². The van der Waals surface area contributed by atoms with E-state index in [1.807, 2.05) is 13.8 Å². The van der Waals surface area contributed by atoms with Crippen molar-refractivity contribution in [2.45, 2.75) is 262 Å². The van der Waals surface area contributed by atoms with Crippen molar-refractivity contribution in [1.29, 1.82) is 0 Å². The predicted octanol–water partition coefficient (Wildman–Crippen LogP) is -1.73. The fraction of sp³-hybridized carbons (Fsp3) is 0.855. The van der Waals surface area contributed by atoms with Crippen molar-refractivity contribution in [2.24, 2.45) is 50.2 Å². The van der Waals surface area contributed by atoms with Crippen LogP contribution in [0.15, 0.2) is 23.3 Å². The fourth-order valence-corrected chi connectivity index (χ4v) is 17.6. The number of carbonyl (C=O) groups is 5. The first-order valence-corrected chi connectivity index (χ1v) is 31.4. The van der Waals surface area contributed by atoms with Crippen molar-refractivity contribution in [3.8, 4) is 0 Å². The Labute approximate surface area is 526 Å². The van der Waals surface area contributed by atoms with Gasteiger partial charge in [0.2, 0.25) is 0 Å². The molecule has 9 aliphatic rings. The molecular formula is C62H94O29. The number of aliphatic hydroxyl groups excluding tert-OH is 12. The highest BCUT2D eigenvalue weighted by molar-refractivity contribution is 5.87.